The van der Waals surface area contributed by atoms with E-state index in [0.29, 0.717) is 41.1 Å². The van der Waals surface area contributed by atoms with Gasteiger partial charge in [0.15, 0.2) is 5.82 Å². The molecule has 0 saturated carbocycles. The highest BCUT2D eigenvalue weighted by atomic mass is 16.5. The summed E-state index contributed by atoms with van der Waals surface area (Å²) in [5.41, 5.74) is 3.48. The summed E-state index contributed by atoms with van der Waals surface area (Å²) in [6, 6.07) is 14.6. The SMILES string of the molecule is CCOC(=O)c1ccc2nc3c(cc2c1)Cn1c-3nc2ccccc2c1=O. The summed E-state index contributed by atoms with van der Waals surface area (Å²) in [6.07, 6.45) is 0. The number of carbonyl (C=O) groups excluding carboxylic acids is 1. The Labute approximate surface area is 154 Å². The van der Waals surface area contributed by atoms with Crippen LogP contribution in [0.15, 0.2) is 53.3 Å². The topological polar surface area (TPSA) is 74.1 Å². The molecule has 0 saturated heterocycles. The highest BCUT2D eigenvalue weighted by molar-refractivity contribution is 5.95. The number of benzene rings is 2. The van der Waals surface area contributed by atoms with Crippen molar-refractivity contribution in [3.05, 3.63) is 70.0 Å². The van der Waals surface area contributed by atoms with Crippen LogP contribution in [-0.4, -0.2) is 27.1 Å². The van der Waals surface area contributed by atoms with Crippen LogP contribution >= 0.6 is 0 Å². The van der Waals surface area contributed by atoms with Crippen molar-refractivity contribution in [3.63, 3.8) is 0 Å². The van der Waals surface area contributed by atoms with Crippen molar-refractivity contribution in [1.82, 2.24) is 14.5 Å². The van der Waals surface area contributed by atoms with E-state index in [4.69, 9.17) is 9.72 Å². The molecule has 0 amide bonds. The second kappa shape index (κ2) is 5.74. The quantitative estimate of drug-likeness (QED) is 0.454. The van der Waals surface area contributed by atoms with Crippen LogP contribution in [0.25, 0.3) is 33.3 Å². The van der Waals surface area contributed by atoms with Gasteiger partial charge < -0.3 is 4.74 Å². The van der Waals surface area contributed by atoms with Crippen LogP contribution in [0.2, 0.25) is 0 Å². The lowest BCUT2D eigenvalue weighted by Crippen LogP contribution is -2.20. The Bertz CT molecular complexity index is 1310. The van der Waals surface area contributed by atoms with Gasteiger partial charge in [0.25, 0.3) is 5.56 Å². The molecule has 3 heterocycles. The van der Waals surface area contributed by atoms with E-state index in [9.17, 15) is 9.59 Å². The molecule has 2 aromatic heterocycles. The Morgan fingerprint density at radius 1 is 1.11 bits per heavy atom. The van der Waals surface area contributed by atoms with Gasteiger partial charge in [-0.3, -0.25) is 9.36 Å². The van der Waals surface area contributed by atoms with Crippen molar-refractivity contribution < 1.29 is 9.53 Å². The number of para-hydroxylation sites is 1. The van der Waals surface area contributed by atoms with Crippen LogP contribution in [0.3, 0.4) is 0 Å². The lowest BCUT2D eigenvalue weighted by Gasteiger charge is -2.06. The van der Waals surface area contributed by atoms with E-state index in [1.807, 2.05) is 24.3 Å². The molecule has 0 atom stereocenters. The maximum absolute atomic E-state index is 12.8. The Morgan fingerprint density at radius 2 is 1.96 bits per heavy atom. The number of ether oxygens (including phenoxy) is 1. The number of fused-ring (bicyclic) bond motifs is 5. The number of carbonyl (C=O) groups is 1. The average molecular weight is 357 g/mol. The normalized spacial score (nSPS) is 12.2. The summed E-state index contributed by atoms with van der Waals surface area (Å²) >= 11 is 0. The van der Waals surface area contributed by atoms with E-state index in [2.05, 4.69) is 4.98 Å². The zero-order valence-corrected chi connectivity index (χ0v) is 14.6. The lowest BCUT2D eigenvalue weighted by atomic mass is 10.1. The van der Waals surface area contributed by atoms with Crippen LogP contribution in [0.4, 0.5) is 0 Å². The fourth-order valence-corrected chi connectivity index (χ4v) is 3.54. The predicted octanol–water partition coefficient (Wildman–Crippen LogP) is 3.15. The number of rotatable bonds is 2. The van der Waals surface area contributed by atoms with Gasteiger partial charge in [0.1, 0.15) is 5.69 Å². The van der Waals surface area contributed by atoms with Crippen molar-refractivity contribution in [2.45, 2.75) is 13.5 Å². The molecule has 5 rings (SSSR count). The molecule has 2 aromatic carbocycles. The Balaban J connectivity index is 1.70. The van der Waals surface area contributed by atoms with Gasteiger partial charge in [-0.25, -0.2) is 14.8 Å². The second-order valence-corrected chi connectivity index (χ2v) is 6.47. The van der Waals surface area contributed by atoms with Crippen LogP contribution in [0.1, 0.15) is 22.8 Å². The number of nitrogens with zero attached hydrogens (tertiary/aromatic N) is 3. The van der Waals surface area contributed by atoms with Crippen LogP contribution in [-0.2, 0) is 11.3 Å². The number of hydrogen-bond acceptors (Lipinski definition) is 5. The van der Waals surface area contributed by atoms with Crippen LogP contribution < -0.4 is 5.56 Å². The Morgan fingerprint density at radius 3 is 2.81 bits per heavy atom. The summed E-state index contributed by atoms with van der Waals surface area (Å²) in [5.74, 6) is 0.234. The minimum absolute atomic E-state index is 0.0649. The molecule has 0 fully saturated rings. The second-order valence-electron chi connectivity index (χ2n) is 6.47. The first kappa shape index (κ1) is 15.7. The number of esters is 1. The average Bonchev–Trinajstić information content (AvgIpc) is 3.04. The summed E-state index contributed by atoms with van der Waals surface area (Å²) in [5, 5.41) is 1.44. The zero-order valence-electron chi connectivity index (χ0n) is 14.6. The first-order valence-electron chi connectivity index (χ1n) is 8.76. The van der Waals surface area contributed by atoms with E-state index in [1.165, 1.54) is 0 Å². The lowest BCUT2D eigenvalue weighted by molar-refractivity contribution is 0.0526. The molecule has 0 radical (unpaired) electrons. The molecule has 1 aliphatic heterocycles. The van der Waals surface area contributed by atoms with E-state index in [1.54, 1.807) is 35.8 Å². The minimum atomic E-state index is -0.354. The fourth-order valence-electron chi connectivity index (χ4n) is 3.54. The van der Waals surface area contributed by atoms with Gasteiger partial charge in [0.2, 0.25) is 0 Å². The van der Waals surface area contributed by atoms with Gasteiger partial charge in [-0.05, 0) is 43.3 Å². The van der Waals surface area contributed by atoms with Gasteiger partial charge >= 0.3 is 5.97 Å². The van der Waals surface area contributed by atoms with Gasteiger partial charge in [-0.2, -0.15) is 0 Å². The monoisotopic (exact) mass is 357 g/mol. The van der Waals surface area contributed by atoms with E-state index in [0.717, 1.165) is 16.5 Å². The Kier molecular flexibility index (Phi) is 3.33. The van der Waals surface area contributed by atoms with Crippen LogP contribution in [0, 0.1) is 0 Å². The number of pyridine rings is 1. The molecule has 6 nitrogen and oxygen atoms in total. The molecule has 0 spiro atoms. The standard InChI is InChI=1S/C21H15N3O3/c1-2-27-21(26)12-7-8-16-13(9-12)10-14-11-24-19(18(14)22-16)23-17-6-4-3-5-15(17)20(24)25/h3-10H,2,11H2,1H3. The zero-order chi connectivity index (χ0) is 18.5. The molecule has 1 aliphatic rings. The first-order chi connectivity index (χ1) is 13.2. The molecular weight excluding hydrogens is 342 g/mol. The largest absolute Gasteiger partial charge is 0.462 e. The minimum Gasteiger partial charge on any atom is -0.462 e. The molecule has 132 valence electrons. The van der Waals surface area contributed by atoms with Crippen molar-refractivity contribution in [2.24, 2.45) is 0 Å². The highest BCUT2D eigenvalue weighted by Gasteiger charge is 2.24. The molecule has 27 heavy (non-hydrogen) atoms. The smallest absolute Gasteiger partial charge is 0.338 e. The highest BCUT2D eigenvalue weighted by Crippen LogP contribution is 2.31. The molecule has 0 bridgehead atoms. The molecule has 4 aromatic rings. The maximum Gasteiger partial charge on any atom is 0.338 e. The third-order valence-corrected chi connectivity index (χ3v) is 4.81. The van der Waals surface area contributed by atoms with E-state index < -0.39 is 0 Å². The predicted molar refractivity (Wildman–Crippen MR) is 102 cm³/mol. The molecule has 6 heteroatoms. The third kappa shape index (κ3) is 2.33. The fraction of sp³-hybridized carbons (Fsp3) is 0.143. The van der Waals surface area contributed by atoms with Crippen molar-refractivity contribution in [1.29, 1.82) is 0 Å². The van der Waals surface area contributed by atoms with Gasteiger partial charge in [-0.15, -0.1) is 0 Å². The molecule has 0 aliphatic carbocycles. The van der Waals surface area contributed by atoms with Gasteiger partial charge in [-0.1, -0.05) is 12.1 Å². The number of hydrogen-bond donors (Lipinski definition) is 0. The van der Waals surface area contributed by atoms with Crippen molar-refractivity contribution in [2.75, 3.05) is 6.61 Å². The first-order valence-corrected chi connectivity index (χ1v) is 8.76. The molecule has 0 unspecified atom stereocenters. The number of aromatic nitrogens is 3. The summed E-state index contributed by atoms with van der Waals surface area (Å²) < 4.78 is 6.72. The Hall–Kier alpha value is -3.54. The van der Waals surface area contributed by atoms with Gasteiger partial charge in [0.05, 0.1) is 35.1 Å². The van der Waals surface area contributed by atoms with E-state index in [-0.39, 0.29) is 11.5 Å². The van der Waals surface area contributed by atoms with Crippen molar-refractivity contribution in [3.8, 4) is 11.5 Å². The summed E-state index contributed by atoms with van der Waals surface area (Å²) in [7, 11) is 0. The summed E-state index contributed by atoms with van der Waals surface area (Å²) in [6.45, 7) is 2.53. The van der Waals surface area contributed by atoms with Gasteiger partial charge in [0, 0.05) is 10.9 Å². The third-order valence-electron chi connectivity index (χ3n) is 4.81. The molecule has 0 N–H and O–H groups in total. The van der Waals surface area contributed by atoms with Crippen LogP contribution in [0.5, 0.6) is 0 Å². The molecular formula is C21H15N3O3. The van der Waals surface area contributed by atoms with E-state index >= 15 is 0 Å². The summed E-state index contributed by atoms with van der Waals surface area (Å²) in [4.78, 5) is 34.2. The maximum atomic E-state index is 12.8. The van der Waals surface area contributed by atoms with Crippen molar-refractivity contribution >= 4 is 27.8 Å².